The summed E-state index contributed by atoms with van der Waals surface area (Å²) < 4.78 is 29.0. The van der Waals surface area contributed by atoms with Gasteiger partial charge in [0.2, 0.25) is 10.9 Å². The molecule has 0 radical (unpaired) electrons. The van der Waals surface area contributed by atoms with Crippen molar-refractivity contribution in [2.24, 2.45) is 0 Å². The van der Waals surface area contributed by atoms with Gasteiger partial charge in [0.1, 0.15) is 5.75 Å². The Morgan fingerprint density at radius 3 is 2.62 bits per heavy atom. The lowest BCUT2D eigenvalue weighted by Gasteiger charge is -2.12. The van der Waals surface area contributed by atoms with Crippen molar-refractivity contribution in [1.82, 2.24) is 9.71 Å². The minimum absolute atomic E-state index is 0.300. The van der Waals surface area contributed by atoms with E-state index in [1.54, 1.807) is 13.3 Å². The number of nitrogens with one attached hydrogen (secondary N) is 1. The summed E-state index contributed by atoms with van der Waals surface area (Å²) in [6.07, 6.45) is 1.79. The summed E-state index contributed by atoms with van der Waals surface area (Å²) in [5.41, 5.74) is 5.08. The maximum atomic E-state index is 10.7. The van der Waals surface area contributed by atoms with Crippen LogP contribution < -0.4 is 9.46 Å². The predicted molar refractivity (Wildman–Crippen MR) is 95.6 cm³/mol. The van der Waals surface area contributed by atoms with E-state index in [2.05, 4.69) is 9.71 Å². The van der Waals surface area contributed by atoms with Crippen molar-refractivity contribution in [3.05, 3.63) is 59.8 Å². The van der Waals surface area contributed by atoms with Crippen molar-refractivity contribution in [3.8, 4) is 16.9 Å². The Labute approximate surface area is 142 Å². The lowest BCUT2D eigenvalue weighted by Crippen LogP contribution is -2.10. The summed E-state index contributed by atoms with van der Waals surface area (Å²) in [6, 6.07) is 13.8. The lowest BCUT2D eigenvalue weighted by atomic mass is 9.96. The molecule has 0 aliphatic heterocycles. The molecule has 0 unspecified atom stereocenters. The van der Waals surface area contributed by atoms with Gasteiger partial charge in [-0.05, 0) is 47.4 Å². The van der Waals surface area contributed by atoms with E-state index in [0.717, 1.165) is 38.9 Å². The Morgan fingerprint density at radius 1 is 1.08 bits per heavy atom. The minimum Gasteiger partial charge on any atom is -0.497 e. The topological polar surface area (TPSA) is 68.3 Å². The highest BCUT2D eigenvalue weighted by Gasteiger charge is 2.09. The number of rotatable bonds is 5. The van der Waals surface area contributed by atoms with Crippen LogP contribution in [0.25, 0.3) is 22.0 Å². The summed E-state index contributed by atoms with van der Waals surface area (Å²) >= 11 is 0. The van der Waals surface area contributed by atoms with Crippen LogP contribution in [0.4, 0.5) is 0 Å². The molecule has 1 aromatic heterocycles. The molecular weight excluding hydrogens is 324 g/mol. The summed E-state index contributed by atoms with van der Waals surface area (Å²) in [6.45, 7) is 2.32. The highest BCUT2D eigenvalue weighted by atomic mass is 32.2. The average molecular weight is 342 g/mol. The monoisotopic (exact) mass is 342 g/mol. The fraction of sp³-hybridized carbons (Fsp3) is 0.167. The Kier molecular flexibility index (Phi) is 4.78. The molecule has 6 heteroatoms. The van der Waals surface area contributed by atoms with Crippen molar-refractivity contribution in [1.29, 1.82) is 0 Å². The van der Waals surface area contributed by atoms with Crippen LogP contribution in [0.15, 0.2) is 48.7 Å². The third-order valence-electron chi connectivity index (χ3n) is 3.94. The molecule has 3 rings (SSSR count). The van der Waals surface area contributed by atoms with E-state index in [1.165, 1.54) is 0 Å². The predicted octanol–water partition coefficient (Wildman–Crippen LogP) is 2.83. The average Bonchev–Trinajstić information content (AvgIpc) is 2.59. The molecule has 0 fully saturated rings. The first kappa shape index (κ1) is 16.4. The van der Waals surface area contributed by atoms with Crippen molar-refractivity contribution < 1.29 is 13.2 Å². The van der Waals surface area contributed by atoms with E-state index in [1.807, 2.05) is 49.4 Å². The van der Waals surface area contributed by atoms with E-state index < -0.39 is 10.9 Å². The summed E-state index contributed by atoms with van der Waals surface area (Å²) in [7, 11) is -0.947. The molecule has 0 bridgehead atoms. The first-order valence-corrected chi connectivity index (χ1v) is 8.67. The van der Waals surface area contributed by atoms with Crippen molar-refractivity contribution in [2.75, 3.05) is 7.11 Å². The third kappa shape index (κ3) is 3.39. The van der Waals surface area contributed by atoms with Gasteiger partial charge in [-0.3, -0.25) is 4.98 Å². The van der Waals surface area contributed by atoms with Crippen LogP contribution in [0.2, 0.25) is 0 Å². The molecular formula is C18H18N2O3S. The molecule has 0 aliphatic carbocycles. The van der Waals surface area contributed by atoms with Crippen LogP contribution in [-0.4, -0.2) is 20.5 Å². The van der Waals surface area contributed by atoms with E-state index in [0.29, 0.717) is 6.54 Å². The fourth-order valence-corrected chi connectivity index (χ4v) is 3.10. The molecule has 1 heterocycles. The number of aromatic nitrogens is 1. The number of fused-ring (bicyclic) bond motifs is 1. The normalized spacial score (nSPS) is 11.1. The number of hydrogen-bond acceptors (Lipinski definition) is 4. The first-order valence-electron chi connectivity index (χ1n) is 7.49. The zero-order chi connectivity index (χ0) is 17.1. The van der Waals surface area contributed by atoms with E-state index in [-0.39, 0.29) is 0 Å². The summed E-state index contributed by atoms with van der Waals surface area (Å²) in [5.74, 6) is 0.775. The molecule has 24 heavy (non-hydrogen) atoms. The SMILES string of the molecule is COc1ccc2c(-c3ccc(CN[SH](=O)=O)cc3C)ccnc2c1. The lowest BCUT2D eigenvalue weighted by molar-refractivity contribution is 0.415. The Bertz CT molecular complexity index is 960. The molecule has 1 N–H and O–H groups in total. The largest absolute Gasteiger partial charge is 0.497 e. The maximum Gasteiger partial charge on any atom is 0.201 e. The number of benzene rings is 2. The number of nitrogens with zero attached hydrogens (tertiary/aromatic N) is 1. The maximum absolute atomic E-state index is 10.7. The zero-order valence-electron chi connectivity index (χ0n) is 13.4. The van der Waals surface area contributed by atoms with E-state index >= 15 is 0 Å². The van der Waals surface area contributed by atoms with Gasteiger partial charge in [-0.1, -0.05) is 18.2 Å². The molecule has 2 aromatic carbocycles. The van der Waals surface area contributed by atoms with Crippen molar-refractivity contribution in [2.45, 2.75) is 13.5 Å². The number of thiol groups is 1. The van der Waals surface area contributed by atoms with Gasteiger partial charge in [0.25, 0.3) is 0 Å². The van der Waals surface area contributed by atoms with Gasteiger partial charge in [-0.2, -0.15) is 0 Å². The van der Waals surface area contributed by atoms with E-state index in [9.17, 15) is 8.42 Å². The molecule has 0 atom stereocenters. The van der Waals surface area contributed by atoms with Crippen LogP contribution >= 0.6 is 0 Å². The Hall–Kier alpha value is -2.44. The quantitative estimate of drug-likeness (QED) is 0.700. The molecule has 0 saturated heterocycles. The van der Waals surface area contributed by atoms with Gasteiger partial charge < -0.3 is 4.74 Å². The van der Waals surface area contributed by atoms with Gasteiger partial charge >= 0.3 is 0 Å². The second-order valence-corrected chi connectivity index (χ2v) is 6.31. The minimum atomic E-state index is -2.58. The van der Waals surface area contributed by atoms with Crippen molar-refractivity contribution in [3.63, 3.8) is 0 Å². The molecule has 5 nitrogen and oxygen atoms in total. The molecule has 124 valence electrons. The van der Waals surface area contributed by atoms with Gasteiger partial charge in [0.15, 0.2) is 0 Å². The standard InChI is InChI=1S/C18H18N2O3S/c1-12-9-13(11-20-24(21)22)3-5-15(12)16-7-8-19-18-10-14(23-2)4-6-17(16)18/h3-10,24H,11H2,1-2H3,(H,20,21,22). The van der Waals surface area contributed by atoms with Crippen LogP contribution in [0.1, 0.15) is 11.1 Å². The van der Waals surface area contributed by atoms with Crippen LogP contribution in [0.3, 0.4) is 0 Å². The number of ether oxygens (including phenoxy) is 1. The molecule has 3 aromatic rings. The summed E-state index contributed by atoms with van der Waals surface area (Å²) in [4.78, 5) is 4.41. The molecule has 0 aliphatic rings. The second kappa shape index (κ2) is 6.98. The Morgan fingerprint density at radius 2 is 1.92 bits per heavy atom. The molecule has 0 saturated carbocycles. The van der Waals surface area contributed by atoms with Gasteiger partial charge in [0, 0.05) is 24.2 Å². The van der Waals surface area contributed by atoms with Crippen LogP contribution in [-0.2, 0) is 17.4 Å². The number of hydrogen-bond donors (Lipinski definition) is 2. The van der Waals surface area contributed by atoms with Crippen molar-refractivity contribution >= 4 is 21.8 Å². The smallest absolute Gasteiger partial charge is 0.201 e. The summed E-state index contributed by atoms with van der Waals surface area (Å²) in [5, 5.41) is 1.05. The zero-order valence-corrected chi connectivity index (χ0v) is 14.3. The highest BCUT2D eigenvalue weighted by molar-refractivity contribution is 7.70. The third-order valence-corrected chi connectivity index (χ3v) is 4.36. The highest BCUT2D eigenvalue weighted by Crippen LogP contribution is 2.31. The van der Waals surface area contributed by atoms with Crippen LogP contribution in [0.5, 0.6) is 5.75 Å². The number of pyridine rings is 1. The fourth-order valence-electron chi connectivity index (χ4n) is 2.78. The number of aryl methyl sites for hydroxylation is 1. The number of methoxy groups -OCH3 is 1. The molecule has 0 amide bonds. The first-order chi connectivity index (χ1) is 11.6. The van der Waals surface area contributed by atoms with E-state index in [4.69, 9.17) is 4.74 Å². The van der Waals surface area contributed by atoms with Gasteiger partial charge in [-0.15, -0.1) is 0 Å². The Balaban J connectivity index is 2.04. The van der Waals surface area contributed by atoms with Gasteiger partial charge in [-0.25, -0.2) is 13.1 Å². The van der Waals surface area contributed by atoms with Crippen LogP contribution in [0, 0.1) is 6.92 Å². The second-order valence-electron chi connectivity index (χ2n) is 5.48. The molecule has 0 spiro atoms. The van der Waals surface area contributed by atoms with Gasteiger partial charge in [0.05, 0.1) is 12.6 Å².